The summed E-state index contributed by atoms with van der Waals surface area (Å²) in [6.07, 6.45) is 1.05. The number of rotatable bonds is 9. The highest BCUT2D eigenvalue weighted by molar-refractivity contribution is 14.0. The normalized spacial score (nSPS) is 11.4. The molecule has 0 heterocycles. The Balaban J connectivity index is 0.00000450. The summed E-state index contributed by atoms with van der Waals surface area (Å²) in [6, 6.07) is 16.3. The molecule has 2 rings (SSSR count). The molecule has 0 bridgehead atoms. The number of carbonyl (C=O) groups excluding carboxylic acids is 1. The van der Waals surface area contributed by atoms with E-state index in [1.165, 1.54) is 11.1 Å². The van der Waals surface area contributed by atoms with E-state index in [0.717, 1.165) is 24.5 Å². The van der Waals surface area contributed by atoms with E-state index >= 15 is 0 Å². The van der Waals surface area contributed by atoms with Crippen molar-refractivity contribution in [1.82, 2.24) is 10.6 Å². The van der Waals surface area contributed by atoms with Crippen LogP contribution in [0.3, 0.4) is 0 Å². The van der Waals surface area contributed by atoms with Crippen molar-refractivity contribution in [1.29, 1.82) is 0 Å². The van der Waals surface area contributed by atoms with E-state index in [0.29, 0.717) is 12.3 Å². The van der Waals surface area contributed by atoms with Gasteiger partial charge in [-0.3, -0.25) is 9.79 Å². The Hall–Kier alpha value is -2.29. The number of benzene rings is 2. The summed E-state index contributed by atoms with van der Waals surface area (Å²) in [5, 5.41) is 6.72. The zero-order valence-electron chi connectivity index (χ0n) is 18.2. The molecule has 7 heteroatoms. The molecule has 0 saturated carbocycles. The highest BCUT2D eigenvalue weighted by Gasteiger charge is 2.20. The van der Waals surface area contributed by atoms with Crippen LogP contribution in [0.15, 0.2) is 53.5 Å². The van der Waals surface area contributed by atoms with E-state index in [9.17, 15) is 4.79 Å². The molecule has 1 amide bonds. The smallest absolute Gasteiger partial charge is 0.255 e. The molecule has 0 aromatic heterocycles. The average molecular weight is 524 g/mol. The van der Waals surface area contributed by atoms with E-state index in [4.69, 9.17) is 10.5 Å². The van der Waals surface area contributed by atoms with Crippen molar-refractivity contribution in [3.8, 4) is 5.75 Å². The largest absolute Gasteiger partial charge is 0.484 e. The molecule has 0 aliphatic rings. The Morgan fingerprint density at radius 1 is 1.10 bits per heavy atom. The first-order valence-electron chi connectivity index (χ1n) is 9.88. The number of nitrogens with two attached hydrogens (primary N) is 1. The van der Waals surface area contributed by atoms with Gasteiger partial charge in [0, 0.05) is 25.6 Å². The quantitative estimate of drug-likeness (QED) is 0.267. The minimum Gasteiger partial charge on any atom is -0.484 e. The van der Waals surface area contributed by atoms with Gasteiger partial charge in [0.1, 0.15) is 5.75 Å². The molecule has 0 saturated heterocycles. The van der Waals surface area contributed by atoms with Crippen LogP contribution in [0.2, 0.25) is 0 Å². The Morgan fingerprint density at radius 2 is 1.80 bits per heavy atom. The summed E-state index contributed by atoms with van der Waals surface area (Å²) >= 11 is 0. The van der Waals surface area contributed by atoms with E-state index in [2.05, 4.69) is 60.7 Å². The number of nitrogens with zero attached hydrogens (tertiary/aromatic N) is 1. The van der Waals surface area contributed by atoms with Crippen LogP contribution in [0.5, 0.6) is 5.75 Å². The summed E-state index contributed by atoms with van der Waals surface area (Å²) in [4.78, 5) is 15.2. The third-order valence-electron chi connectivity index (χ3n) is 4.80. The van der Waals surface area contributed by atoms with Gasteiger partial charge in [-0.15, -0.1) is 24.0 Å². The molecule has 0 spiro atoms. The molecule has 30 heavy (non-hydrogen) atoms. The van der Waals surface area contributed by atoms with Crippen LogP contribution in [0.1, 0.15) is 37.5 Å². The van der Waals surface area contributed by atoms with Crippen LogP contribution < -0.4 is 21.1 Å². The van der Waals surface area contributed by atoms with Gasteiger partial charge in [-0.2, -0.15) is 0 Å². The number of nitrogens with one attached hydrogen (secondary N) is 2. The van der Waals surface area contributed by atoms with Gasteiger partial charge in [-0.05, 0) is 35.2 Å². The van der Waals surface area contributed by atoms with Crippen LogP contribution in [0.25, 0.3) is 0 Å². The van der Waals surface area contributed by atoms with Gasteiger partial charge in [-0.1, -0.05) is 57.2 Å². The fraction of sp³-hybridized carbons (Fsp3) is 0.391. The summed E-state index contributed by atoms with van der Waals surface area (Å²) in [5.74, 6) is 0.847. The van der Waals surface area contributed by atoms with Crippen molar-refractivity contribution >= 4 is 35.8 Å². The number of carbonyl (C=O) groups is 1. The van der Waals surface area contributed by atoms with Crippen LogP contribution in [0.4, 0.5) is 0 Å². The van der Waals surface area contributed by atoms with Crippen molar-refractivity contribution < 1.29 is 9.53 Å². The number of aryl methyl sites for hydroxylation is 1. The first kappa shape index (κ1) is 25.7. The molecule has 4 N–H and O–H groups in total. The molecule has 164 valence electrons. The van der Waals surface area contributed by atoms with Gasteiger partial charge in [0.15, 0.2) is 12.6 Å². The fourth-order valence-corrected chi connectivity index (χ4v) is 2.90. The highest BCUT2D eigenvalue weighted by Crippen LogP contribution is 2.22. The monoisotopic (exact) mass is 524 g/mol. The molecule has 0 aliphatic heterocycles. The minimum atomic E-state index is -0.495. The lowest BCUT2D eigenvalue weighted by Crippen LogP contribution is -2.43. The average Bonchev–Trinajstić information content (AvgIpc) is 2.72. The Morgan fingerprint density at radius 3 is 2.40 bits per heavy atom. The third kappa shape index (κ3) is 8.22. The predicted octanol–water partition coefficient (Wildman–Crippen LogP) is 3.37. The maximum atomic E-state index is 10.9. The molecule has 0 aliphatic carbocycles. The van der Waals surface area contributed by atoms with Gasteiger partial charge >= 0.3 is 0 Å². The number of amides is 1. The standard InChI is InChI=1S/C23H32N4O2.HI/c1-5-17-9-11-19(12-10-17)23(2,3)16-27-22(25-4)26-14-18-7-6-8-20(13-18)29-15-21(24)28;/h6-13H,5,14-16H2,1-4H3,(H2,24,28)(H2,25,26,27);1H. The van der Waals surface area contributed by atoms with E-state index in [-0.39, 0.29) is 36.0 Å². The molecule has 0 atom stereocenters. The Kier molecular flexibility index (Phi) is 10.7. The number of guanidine groups is 1. The maximum absolute atomic E-state index is 10.9. The van der Waals surface area contributed by atoms with E-state index < -0.39 is 5.91 Å². The van der Waals surface area contributed by atoms with Crippen molar-refractivity contribution in [3.05, 3.63) is 65.2 Å². The summed E-state index contributed by atoms with van der Waals surface area (Å²) in [5.41, 5.74) is 8.74. The van der Waals surface area contributed by atoms with E-state index in [1.54, 1.807) is 13.1 Å². The second kappa shape index (κ2) is 12.4. The Labute approximate surface area is 196 Å². The van der Waals surface area contributed by atoms with Crippen molar-refractivity contribution in [2.45, 2.75) is 39.2 Å². The van der Waals surface area contributed by atoms with Crippen LogP contribution in [-0.4, -0.2) is 32.1 Å². The van der Waals surface area contributed by atoms with Crippen molar-refractivity contribution in [2.75, 3.05) is 20.2 Å². The van der Waals surface area contributed by atoms with Crippen molar-refractivity contribution in [3.63, 3.8) is 0 Å². The fourth-order valence-electron chi connectivity index (χ4n) is 2.90. The predicted molar refractivity (Wildman–Crippen MR) is 134 cm³/mol. The zero-order chi connectivity index (χ0) is 21.3. The van der Waals surface area contributed by atoms with Crippen LogP contribution in [0, 0.1) is 0 Å². The topological polar surface area (TPSA) is 88.7 Å². The SMILES string of the molecule is CCc1ccc(C(C)(C)CNC(=NC)NCc2cccc(OCC(N)=O)c2)cc1.I. The molecule has 0 unspecified atom stereocenters. The lowest BCUT2D eigenvalue weighted by molar-refractivity contribution is -0.119. The lowest BCUT2D eigenvalue weighted by atomic mass is 9.84. The first-order valence-corrected chi connectivity index (χ1v) is 9.88. The van der Waals surface area contributed by atoms with Gasteiger partial charge < -0.3 is 21.1 Å². The number of hydrogen-bond acceptors (Lipinski definition) is 3. The number of primary amides is 1. The molecule has 0 radical (unpaired) electrons. The van der Waals surface area contributed by atoms with E-state index in [1.807, 2.05) is 18.2 Å². The molecular weight excluding hydrogens is 491 g/mol. The molecule has 6 nitrogen and oxygen atoms in total. The molecule has 0 fully saturated rings. The van der Waals surface area contributed by atoms with Gasteiger partial charge in [0.05, 0.1) is 0 Å². The number of aliphatic imine (C=N–C) groups is 1. The maximum Gasteiger partial charge on any atom is 0.255 e. The summed E-state index contributed by atoms with van der Waals surface area (Å²) < 4.78 is 5.35. The summed E-state index contributed by atoms with van der Waals surface area (Å²) in [6.45, 7) is 7.80. The van der Waals surface area contributed by atoms with Gasteiger partial charge in [0.2, 0.25) is 0 Å². The molecule has 2 aromatic rings. The lowest BCUT2D eigenvalue weighted by Gasteiger charge is -2.27. The summed E-state index contributed by atoms with van der Waals surface area (Å²) in [7, 11) is 1.75. The molecular formula is C23H33IN4O2. The van der Waals surface area contributed by atoms with Gasteiger partial charge in [0.25, 0.3) is 5.91 Å². The van der Waals surface area contributed by atoms with Crippen molar-refractivity contribution in [2.24, 2.45) is 10.7 Å². The number of hydrogen-bond donors (Lipinski definition) is 3. The molecule has 2 aromatic carbocycles. The second-order valence-electron chi connectivity index (χ2n) is 7.62. The zero-order valence-corrected chi connectivity index (χ0v) is 20.5. The van der Waals surface area contributed by atoms with Crippen LogP contribution in [-0.2, 0) is 23.2 Å². The van der Waals surface area contributed by atoms with Gasteiger partial charge in [-0.25, -0.2) is 0 Å². The minimum absolute atomic E-state index is 0. The van der Waals surface area contributed by atoms with Crippen LogP contribution >= 0.6 is 24.0 Å². The Bertz CT molecular complexity index is 835. The third-order valence-corrected chi connectivity index (χ3v) is 4.80. The number of ether oxygens (including phenoxy) is 1. The number of halogens is 1. The highest BCUT2D eigenvalue weighted by atomic mass is 127. The first-order chi connectivity index (χ1) is 13.8. The second-order valence-corrected chi connectivity index (χ2v) is 7.62.